The van der Waals surface area contributed by atoms with Gasteiger partial charge in [-0.25, -0.2) is 13.1 Å². The first-order valence-corrected chi connectivity index (χ1v) is 11.8. The second-order valence-corrected chi connectivity index (χ2v) is 9.95. The molecule has 2 aromatic rings. The Hall–Kier alpha value is -1.89. The van der Waals surface area contributed by atoms with Crippen LogP contribution in [0.25, 0.3) is 0 Å². The second-order valence-electron chi connectivity index (χ2n) is 8.18. The van der Waals surface area contributed by atoms with Crippen LogP contribution in [-0.2, 0) is 16.6 Å². The normalized spacial score (nSPS) is 18.1. The third-order valence-electron chi connectivity index (χ3n) is 5.23. The summed E-state index contributed by atoms with van der Waals surface area (Å²) in [5.41, 5.74) is 2.23. The smallest absolute Gasteiger partial charge is 0.240 e. The Morgan fingerprint density at radius 3 is 2.59 bits per heavy atom. The van der Waals surface area contributed by atoms with Crippen LogP contribution in [0, 0.1) is 12.8 Å². The van der Waals surface area contributed by atoms with Gasteiger partial charge in [-0.15, -0.1) is 0 Å². The molecule has 3 rings (SSSR count). The van der Waals surface area contributed by atoms with Gasteiger partial charge in [0.05, 0.1) is 11.0 Å². The summed E-state index contributed by atoms with van der Waals surface area (Å²) in [5.74, 6) is 1.24. The summed E-state index contributed by atoms with van der Waals surface area (Å²) in [4.78, 5) is 2.73. The van der Waals surface area contributed by atoms with Crippen molar-refractivity contribution in [3.8, 4) is 5.75 Å². The summed E-state index contributed by atoms with van der Waals surface area (Å²) < 4.78 is 33.9. The molecule has 0 aromatic heterocycles. The van der Waals surface area contributed by atoms with Crippen LogP contribution in [0.4, 0.5) is 0 Å². The van der Waals surface area contributed by atoms with Gasteiger partial charge in [0.1, 0.15) is 5.75 Å². The summed E-state index contributed by atoms with van der Waals surface area (Å²) in [7, 11) is -3.46. The molecule has 6 heteroatoms. The largest absolute Gasteiger partial charge is 0.491 e. The van der Waals surface area contributed by atoms with Crippen molar-refractivity contribution >= 4 is 10.0 Å². The number of sulfonamides is 1. The Bertz CT molecular complexity index is 895. The summed E-state index contributed by atoms with van der Waals surface area (Å²) in [6.07, 6.45) is 2.25. The molecule has 1 heterocycles. The Balaban J connectivity index is 1.58. The van der Waals surface area contributed by atoms with Crippen molar-refractivity contribution in [3.05, 3.63) is 59.7 Å². The van der Waals surface area contributed by atoms with Gasteiger partial charge in [0, 0.05) is 25.2 Å². The van der Waals surface area contributed by atoms with Crippen LogP contribution < -0.4 is 9.46 Å². The van der Waals surface area contributed by atoms with Crippen molar-refractivity contribution in [2.45, 2.75) is 51.2 Å². The summed E-state index contributed by atoms with van der Waals surface area (Å²) in [6.45, 7) is 9.22. The van der Waals surface area contributed by atoms with E-state index in [0.717, 1.165) is 43.8 Å². The Morgan fingerprint density at radius 1 is 1.14 bits per heavy atom. The standard InChI is InChI=1S/C23H32N2O3S/c1-18(2)28-23-9-5-4-8-21(23)17-25-14-6-7-20(16-25)15-24-29(26,27)22-12-10-19(3)11-13-22/h4-5,8-13,18,20,24H,6-7,14-17H2,1-3H3. The number of nitrogens with one attached hydrogen (secondary N) is 1. The molecule has 0 saturated carbocycles. The summed E-state index contributed by atoms with van der Waals surface area (Å²) in [5, 5.41) is 0. The van der Waals surface area contributed by atoms with Crippen LogP contribution in [0.15, 0.2) is 53.4 Å². The van der Waals surface area contributed by atoms with Crippen molar-refractivity contribution in [2.75, 3.05) is 19.6 Å². The van der Waals surface area contributed by atoms with Crippen molar-refractivity contribution in [3.63, 3.8) is 0 Å². The minimum atomic E-state index is -3.46. The number of nitrogens with zero attached hydrogens (tertiary/aromatic N) is 1. The molecule has 29 heavy (non-hydrogen) atoms. The van der Waals surface area contributed by atoms with Crippen molar-refractivity contribution in [1.82, 2.24) is 9.62 Å². The number of ether oxygens (including phenoxy) is 1. The van der Waals surface area contributed by atoms with Crippen molar-refractivity contribution < 1.29 is 13.2 Å². The average Bonchev–Trinajstić information content (AvgIpc) is 2.68. The van der Waals surface area contributed by atoms with E-state index in [0.29, 0.717) is 17.4 Å². The van der Waals surface area contributed by atoms with Gasteiger partial charge in [-0.1, -0.05) is 35.9 Å². The van der Waals surface area contributed by atoms with E-state index >= 15 is 0 Å². The molecule has 0 radical (unpaired) electrons. The van der Waals surface area contributed by atoms with E-state index in [4.69, 9.17) is 4.74 Å². The number of hydrogen-bond acceptors (Lipinski definition) is 4. The van der Waals surface area contributed by atoms with Gasteiger partial charge in [-0.3, -0.25) is 4.90 Å². The van der Waals surface area contributed by atoms with Crippen molar-refractivity contribution in [2.24, 2.45) is 5.92 Å². The molecule has 1 N–H and O–H groups in total. The Labute approximate surface area is 175 Å². The van der Waals surface area contributed by atoms with Gasteiger partial charge < -0.3 is 4.74 Å². The third-order valence-corrected chi connectivity index (χ3v) is 6.67. The topological polar surface area (TPSA) is 58.6 Å². The van der Waals surface area contributed by atoms with Crippen LogP contribution in [0.2, 0.25) is 0 Å². The van der Waals surface area contributed by atoms with Gasteiger partial charge in [-0.2, -0.15) is 0 Å². The van der Waals surface area contributed by atoms with Gasteiger partial charge >= 0.3 is 0 Å². The third kappa shape index (κ3) is 6.29. The van der Waals surface area contributed by atoms with Gasteiger partial charge in [0.25, 0.3) is 0 Å². The maximum atomic E-state index is 12.6. The van der Waals surface area contributed by atoms with Crippen LogP contribution in [0.3, 0.4) is 0 Å². The molecule has 0 spiro atoms. The van der Waals surface area contributed by atoms with E-state index < -0.39 is 10.0 Å². The molecule has 1 fully saturated rings. The lowest BCUT2D eigenvalue weighted by molar-refractivity contribution is 0.164. The molecule has 2 aromatic carbocycles. The van der Waals surface area contributed by atoms with Crippen LogP contribution in [-0.4, -0.2) is 39.1 Å². The summed E-state index contributed by atoms with van der Waals surface area (Å²) in [6, 6.07) is 15.2. The maximum Gasteiger partial charge on any atom is 0.240 e. The van der Waals surface area contributed by atoms with E-state index in [2.05, 4.69) is 15.7 Å². The lowest BCUT2D eigenvalue weighted by Gasteiger charge is -2.33. The van der Waals surface area contributed by atoms with Gasteiger partial charge in [0.2, 0.25) is 10.0 Å². The highest BCUT2D eigenvalue weighted by Gasteiger charge is 2.23. The molecule has 0 amide bonds. The average molecular weight is 417 g/mol. The highest BCUT2D eigenvalue weighted by Crippen LogP contribution is 2.24. The zero-order valence-electron chi connectivity index (χ0n) is 17.6. The lowest BCUT2D eigenvalue weighted by atomic mass is 9.98. The molecule has 0 bridgehead atoms. The fourth-order valence-electron chi connectivity index (χ4n) is 3.73. The number of piperidine rings is 1. The molecular weight excluding hydrogens is 384 g/mol. The van der Waals surface area contributed by atoms with Gasteiger partial charge in [-0.05, 0) is 64.3 Å². The first-order chi connectivity index (χ1) is 13.8. The van der Waals surface area contributed by atoms with Crippen LogP contribution in [0.5, 0.6) is 5.75 Å². The minimum Gasteiger partial charge on any atom is -0.491 e. The molecule has 1 aliphatic heterocycles. The van der Waals surface area contributed by atoms with E-state index in [1.165, 1.54) is 5.56 Å². The first-order valence-electron chi connectivity index (χ1n) is 10.4. The number of rotatable bonds is 8. The molecule has 5 nitrogen and oxygen atoms in total. The number of para-hydroxylation sites is 1. The number of likely N-dealkylation sites (tertiary alicyclic amines) is 1. The predicted octanol–water partition coefficient (Wildman–Crippen LogP) is 3.97. The van der Waals surface area contributed by atoms with E-state index in [1.807, 2.05) is 51.1 Å². The van der Waals surface area contributed by atoms with E-state index in [9.17, 15) is 8.42 Å². The lowest BCUT2D eigenvalue weighted by Crippen LogP contribution is -2.40. The zero-order chi connectivity index (χ0) is 20.9. The molecule has 1 aliphatic rings. The van der Waals surface area contributed by atoms with Crippen LogP contribution >= 0.6 is 0 Å². The molecule has 1 atom stereocenters. The van der Waals surface area contributed by atoms with Gasteiger partial charge in [0.15, 0.2) is 0 Å². The zero-order valence-corrected chi connectivity index (χ0v) is 18.4. The van der Waals surface area contributed by atoms with Crippen molar-refractivity contribution in [1.29, 1.82) is 0 Å². The fourth-order valence-corrected chi connectivity index (χ4v) is 4.85. The number of hydrogen-bond donors (Lipinski definition) is 1. The maximum absolute atomic E-state index is 12.6. The molecular formula is C23H32N2O3S. The highest BCUT2D eigenvalue weighted by molar-refractivity contribution is 7.89. The Morgan fingerprint density at radius 2 is 1.86 bits per heavy atom. The number of aryl methyl sites for hydroxylation is 1. The second kappa shape index (κ2) is 9.74. The highest BCUT2D eigenvalue weighted by atomic mass is 32.2. The molecule has 158 valence electrons. The SMILES string of the molecule is Cc1ccc(S(=O)(=O)NCC2CCCN(Cc3ccccc3OC(C)C)C2)cc1. The molecule has 1 unspecified atom stereocenters. The first kappa shape index (κ1) is 21.8. The molecule has 1 saturated heterocycles. The quantitative estimate of drug-likeness (QED) is 0.707. The fraction of sp³-hybridized carbons (Fsp3) is 0.478. The van der Waals surface area contributed by atoms with Crippen LogP contribution in [0.1, 0.15) is 37.8 Å². The van der Waals surface area contributed by atoms with E-state index in [1.54, 1.807) is 12.1 Å². The molecule has 0 aliphatic carbocycles. The monoisotopic (exact) mass is 416 g/mol. The van der Waals surface area contributed by atoms with E-state index in [-0.39, 0.29) is 6.10 Å². The summed E-state index contributed by atoms with van der Waals surface area (Å²) >= 11 is 0. The predicted molar refractivity (Wildman–Crippen MR) is 117 cm³/mol. The minimum absolute atomic E-state index is 0.140. The number of benzene rings is 2. The Kier molecular flexibility index (Phi) is 7.33.